The molecular weight excluding hydrogens is 210 g/mol. The van der Waals surface area contributed by atoms with Gasteiger partial charge in [-0.15, -0.1) is 0 Å². The highest BCUT2D eigenvalue weighted by Gasteiger charge is 2.07. The molecule has 2 rings (SSSR count). The Morgan fingerprint density at radius 1 is 0.941 bits per heavy atom. The van der Waals surface area contributed by atoms with Crippen molar-refractivity contribution in [3.63, 3.8) is 0 Å². The van der Waals surface area contributed by atoms with Crippen molar-refractivity contribution in [1.82, 2.24) is 0 Å². The van der Waals surface area contributed by atoms with Gasteiger partial charge in [-0.05, 0) is 17.7 Å². The Hall–Kier alpha value is -1.96. The molecule has 0 radical (unpaired) electrons. The molecule has 0 amide bonds. The number of anilines is 1. The zero-order chi connectivity index (χ0) is 12.1. The van der Waals surface area contributed by atoms with Gasteiger partial charge in [0.15, 0.2) is 0 Å². The summed E-state index contributed by atoms with van der Waals surface area (Å²) in [5.41, 5.74) is 2.40. The van der Waals surface area contributed by atoms with E-state index < -0.39 is 0 Å². The van der Waals surface area contributed by atoms with E-state index in [0.29, 0.717) is 0 Å². The molecule has 0 heterocycles. The summed E-state index contributed by atoms with van der Waals surface area (Å²) in [6.45, 7) is 0.876. The summed E-state index contributed by atoms with van der Waals surface area (Å²) >= 11 is 0. The zero-order valence-corrected chi connectivity index (χ0v) is 10.3. The third-order valence-corrected chi connectivity index (χ3v) is 2.76. The fourth-order valence-electron chi connectivity index (χ4n) is 1.89. The molecule has 2 nitrogen and oxygen atoms in total. The predicted molar refractivity (Wildman–Crippen MR) is 71.5 cm³/mol. The highest BCUT2D eigenvalue weighted by molar-refractivity contribution is 5.58. The minimum Gasteiger partial charge on any atom is -0.495 e. The standard InChI is InChI=1S/C15H17NO/c1-16(12-13-8-4-3-5-9-13)14-10-6-7-11-15(14)17-2/h3-11H,12H2,1-2H3. The van der Waals surface area contributed by atoms with Gasteiger partial charge >= 0.3 is 0 Å². The molecule has 0 saturated carbocycles. The summed E-state index contributed by atoms with van der Waals surface area (Å²) in [7, 11) is 3.78. The third kappa shape index (κ3) is 2.78. The van der Waals surface area contributed by atoms with Crippen LogP contribution in [-0.2, 0) is 6.54 Å². The van der Waals surface area contributed by atoms with E-state index in [0.717, 1.165) is 18.0 Å². The van der Waals surface area contributed by atoms with Crippen LogP contribution in [0.2, 0.25) is 0 Å². The smallest absolute Gasteiger partial charge is 0.142 e. The molecule has 0 N–H and O–H groups in total. The first kappa shape index (κ1) is 11.5. The van der Waals surface area contributed by atoms with Crippen LogP contribution in [0.1, 0.15) is 5.56 Å². The second-order valence-electron chi connectivity index (χ2n) is 4.01. The van der Waals surface area contributed by atoms with Crippen LogP contribution in [0.3, 0.4) is 0 Å². The lowest BCUT2D eigenvalue weighted by Gasteiger charge is -2.21. The minimum absolute atomic E-state index is 0.876. The number of nitrogens with zero attached hydrogens (tertiary/aromatic N) is 1. The number of para-hydroxylation sites is 2. The predicted octanol–water partition coefficient (Wildman–Crippen LogP) is 3.33. The summed E-state index contributed by atoms with van der Waals surface area (Å²) in [5, 5.41) is 0. The molecule has 2 aromatic rings. The van der Waals surface area contributed by atoms with E-state index in [1.807, 2.05) is 24.3 Å². The Morgan fingerprint density at radius 3 is 2.29 bits per heavy atom. The van der Waals surface area contributed by atoms with Gasteiger partial charge in [-0.2, -0.15) is 0 Å². The van der Waals surface area contributed by atoms with E-state index in [1.54, 1.807) is 7.11 Å². The number of rotatable bonds is 4. The van der Waals surface area contributed by atoms with Gasteiger partial charge in [0.25, 0.3) is 0 Å². The average Bonchev–Trinajstić information content (AvgIpc) is 2.40. The maximum Gasteiger partial charge on any atom is 0.142 e. The average molecular weight is 227 g/mol. The zero-order valence-electron chi connectivity index (χ0n) is 10.3. The second kappa shape index (κ2) is 5.39. The largest absolute Gasteiger partial charge is 0.495 e. The summed E-state index contributed by atoms with van der Waals surface area (Å²) in [4.78, 5) is 2.19. The highest BCUT2D eigenvalue weighted by Crippen LogP contribution is 2.27. The molecule has 2 heteroatoms. The number of methoxy groups -OCH3 is 1. The molecule has 0 aliphatic rings. The van der Waals surface area contributed by atoms with Crippen molar-refractivity contribution in [2.45, 2.75) is 6.54 Å². The van der Waals surface area contributed by atoms with Gasteiger partial charge in [0.1, 0.15) is 5.75 Å². The fraction of sp³-hybridized carbons (Fsp3) is 0.200. The lowest BCUT2D eigenvalue weighted by atomic mass is 10.2. The van der Waals surface area contributed by atoms with Crippen LogP contribution < -0.4 is 9.64 Å². The number of ether oxygens (including phenoxy) is 1. The topological polar surface area (TPSA) is 12.5 Å². The first-order valence-corrected chi connectivity index (χ1v) is 5.69. The number of benzene rings is 2. The monoisotopic (exact) mass is 227 g/mol. The van der Waals surface area contributed by atoms with E-state index in [1.165, 1.54) is 5.56 Å². The Balaban J connectivity index is 2.17. The second-order valence-corrected chi connectivity index (χ2v) is 4.01. The third-order valence-electron chi connectivity index (χ3n) is 2.76. The lowest BCUT2D eigenvalue weighted by molar-refractivity contribution is 0.415. The Kier molecular flexibility index (Phi) is 3.66. The minimum atomic E-state index is 0.876. The van der Waals surface area contributed by atoms with Crippen LogP contribution in [-0.4, -0.2) is 14.2 Å². The highest BCUT2D eigenvalue weighted by atomic mass is 16.5. The van der Waals surface area contributed by atoms with Crippen molar-refractivity contribution in [2.24, 2.45) is 0 Å². The molecule has 0 bridgehead atoms. The molecule has 0 saturated heterocycles. The first-order valence-electron chi connectivity index (χ1n) is 5.69. The summed E-state index contributed by atoms with van der Waals surface area (Å²) < 4.78 is 5.36. The molecule has 88 valence electrons. The molecular formula is C15H17NO. The molecule has 0 spiro atoms. The van der Waals surface area contributed by atoms with E-state index in [2.05, 4.69) is 42.3 Å². The summed E-state index contributed by atoms with van der Waals surface area (Å²) in [6.07, 6.45) is 0. The van der Waals surface area contributed by atoms with Gasteiger partial charge in [-0.3, -0.25) is 0 Å². The molecule has 0 fully saturated rings. The quantitative estimate of drug-likeness (QED) is 0.794. The van der Waals surface area contributed by atoms with E-state index in [4.69, 9.17) is 4.74 Å². The van der Waals surface area contributed by atoms with Gasteiger partial charge in [-0.1, -0.05) is 42.5 Å². The van der Waals surface area contributed by atoms with Crippen molar-refractivity contribution >= 4 is 5.69 Å². The van der Waals surface area contributed by atoms with Crippen LogP contribution in [0.25, 0.3) is 0 Å². The molecule has 0 unspecified atom stereocenters. The van der Waals surface area contributed by atoms with Gasteiger partial charge < -0.3 is 9.64 Å². The Morgan fingerprint density at radius 2 is 1.59 bits per heavy atom. The van der Waals surface area contributed by atoms with Crippen LogP contribution in [0, 0.1) is 0 Å². The van der Waals surface area contributed by atoms with Crippen molar-refractivity contribution in [3.8, 4) is 5.75 Å². The normalized spacial score (nSPS) is 10.0. The number of hydrogen-bond donors (Lipinski definition) is 0. The first-order chi connectivity index (χ1) is 8.31. The lowest BCUT2D eigenvalue weighted by Crippen LogP contribution is -2.16. The SMILES string of the molecule is COc1ccccc1N(C)Cc1ccccc1. The van der Waals surface area contributed by atoms with Gasteiger partial charge in [0.05, 0.1) is 12.8 Å². The summed E-state index contributed by atoms with van der Waals surface area (Å²) in [5.74, 6) is 0.908. The van der Waals surface area contributed by atoms with Crippen molar-refractivity contribution in [3.05, 3.63) is 60.2 Å². The molecule has 0 aromatic heterocycles. The molecule has 2 aromatic carbocycles. The van der Waals surface area contributed by atoms with Gasteiger partial charge in [0, 0.05) is 13.6 Å². The van der Waals surface area contributed by atoms with Crippen LogP contribution in [0.4, 0.5) is 5.69 Å². The Bertz CT molecular complexity index is 467. The van der Waals surface area contributed by atoms with Crippen LogP contribution in [0.15, 0.2) is 54.6 Å². The van der Waals surface area contributed by atoms with Crippen molar-refractivity contribution in [2.75, 3.05) is 19.1 Å². The van der Waals surface area contributed by atoms with Gasteiger partial charge in [-0.25, -0.2) is 0 Å². The Labute approximate surface area is 102 Å². The molecule has 0 aliphatic heterocycles. The molecule has 17 heavy (non-hydrogen) atoms. The van der Waals surface area contributed by atoms with Crippen molar-refractivity contribution < 1.29 is 4.74 Å². The molecule has 0 aliphatic carbocycles. The van der Waals surface area contributed by atoms with Crippen molar-refractivity contribution in [1.29, 1.82) is 0 Å². The number of hydrogen-bond acceptors (Lipinski definition) is 2. The molecule has 0 atom stereocenters. The van der Waals surface area contributed by atoms with E-state index >= 15 is 0 Å². The van der Waals surface area contributed by atoms with Gasteiger partial charge in [0.2, 0.25) is 0 Å². The maximum absolute atomic E-state index is 5.36. The van der Waals surface area contributed by atoms with Crippen LogP contribution >= 0.6 is 0 Å². The van der Waals surface area contributed by atoms with Crippen LogP contribution in [0.5, 0.6) is 5.75 Å². The fourth-order valence-corrected chi connectivity index (χ4v) is 1.89. The van der Waals surface area contributed by atoms with E-state index in [9.17, 15) is 0 Å². The van der Waals surface area contributed by atoms with E-state index in [-0.39, 0.29) is 0 Å². The maximum atomic E-state index is 5.36. The summed E-state index contributed by atoms with van der Waals surface area (Å²) in [6, 6.07) is 18.5.